The third kappa shape index (κ3) is 0.852. The highest BCUT2D eigenvalue weighted by Gasteiger charge is 2.09. The first-order valence-electron chi connectivity index (χ1n) is 3.49. The van der Waals surface area contributed by atoms with Gasteiger partial charge >= 0.3 is 0 Å². The number of hydrogen-bond donors (Lipinski definition) is 0. The monoisotopic (exact) mass is 162 g/mol. The first kappa shape index (κ1) is 6.84. The van der Waals surface area contributed by atoms with Gasteiger partial charge in [0.05, 0.1) is 4.92 Å². The van der Waals surface area contributed by atoms with E-state index in [1.54, 1.807) is 35.0 Å². The SMILES string of the molecule is O=[N+]([O-])c1cccn2cccc12. The van der Waals surface area contributed by atoms with Crippen LogP contribution in [0, 0.1) is 10.1 Å². The van der Waals surface area contributed by atoms with Crippen LogP contribution in [0.4, 0.5) is 5.69 Å². The molecule has 0 atom stereocenters. The van der Waals surface area contributed by atoms with Crippen LogP contribution in [0.15, 0.2) is 36.7 Å². The van der Waals surface area contributed by atoms with Gasteiger partial charge in [0.15, 0.2) is 0 Å². The Bertz CT molecular complexity index is 433. The number of rotatable bonds is 1. The minimum Gasteiger partial charge on any atom is -0.318 e. The number of nitrogens with zero attached hydrogens (tertiary/aromatic N) is 2. The smallest absolute Gasteiger partial charge is 0.293 e. The standard InChI is InChI=1S/C8H6N2O2/c11-10(12)8-4-2-6-9-5-1-3-7(8)9/h1-6H. The second kappa shape index (κ2) is 2.34. The Morgan fingerprint density at radius 2 is 1.92 bits per heavy atom. The lowest BCUT2D eigenvalue weighted by molar-refractivity contribution is -0.383. The summed E-state index contributed by atoms with van der Waals surface area (Å²) in [7, 11) is 0. The van der Waals surface area contributed by atoms with Crippen molar-refractivity contribution in [3.05, 3.63) is 46.8 Å². The maximum Gasteiger partial charge on any atom is 0.293 e. The van der Waals surface area contributed by atoms with Crippen molar-refractivity contribution in [3.63, 3.8) is 0 Å². The van der Waals surface area contributed by atoms with Crippen molar-refractivity contribution in [1.29, 1.82) is 0 Å². The molecule has 2 heterocycles. The molecular weight excluding hydrogens is 156 g/mol. The third-order valence-corrected chi connectivity index (χ3v) is 1.74. The number of pyridine rings is 1. The summed E-state index contributed by atoms with van der Waals surface area (Å²) in [6.07, 6.45) is 3.56. The molecule has 4 heteroatoms. The normalized spacial score (nSPS) is 10.3. The topological polar surface area (TPSA) is 47.5 Å². The van der Waals surface area contributed by atoms with Crippen molar-refractivity contribution in [2.24, 2.45) is 0 Å². The summed E-state index contributed by atoms with van der Waals surface area (Å²) in [5.41, 5.74) is 0.769. The van der Waals surface area contributed by atoms with Gasteiger partial charge in [-0.15, -0.1) is 0 Å². The Kier molecular flexibility index (Phi) is 1.33. The molecular formula is C8H6N2O2. The van der Waals surface area contributed by atoms with Crippen molar-refractivity contribution < 1.29 is 4.92 Å². The zero-order valence-electron chi connectivity index (χ0n) is 6.18. The van der Waals surface area contributed by atoms with Crippen molar-refractivity contribution >= 4 is 11.2 Å². The van der Waals surface area contributed by atoms with Gasteiger partial charge in [-0.1, -0.05) is 0 Å². The number of aromatic nitrogens is 1. The van der Waals surface area contributed by atoms with Crippen LogP contribution in [0.1, 0.15) is 0 Å². The first-order chi connectivity index (χ1) is 5.79. The van der Waals surface area contributed by atoms with Crippen LogP contribution >= 0.6 is 0 Å². The lowest BCUT2D eigenvalue weighted by atomic mass is 10.3. The summed E-state index contributed by atoms with van der Waals surface area (Å²) in [6.45, 7) is 0. The maximum atomic E-state index is 10.5. The molecule has 0 aliphatic carbocycles. The fourth-order valence-corrected chi connectivity index (χ4v) is 1.21. The summed E-state index contributed by atoms with van der Waals surface area (Å²) in [5.74, 6) is 0. The molecule has 12 heavy (non-hydrogen) atoms. The van der Waals surface area contributed by atoms with E-state index in [4.69, 9.17) is 0 Å². The van der Waals surface area contributed by atoms with E-state index in [0.29, 0.717) is 5.52 Å². The van der Waals surface area contributed by atoms with Gasteiger partial charge in [-0.3, -0.25) is 10.1 Å². The van der Waals surface area contributed by atoms with Crippen LogP contribution < -0.4 is 0 Å². The Balaban J connectivity index is 2.82. The highest BCUT2D eigenvalue weighted by atomic mass is 16.6. The Morgan fingerprint density at radius 1 is 1.25 bits per heavy atom. The number of fused-ring (bicyclic) bond motifs is 1. The molecule has 0 saturated carbocycles. The molecule has 0 N–H and O–H groups in total. The van der Waals surface area contributed by atoms with Crippen molar-refractivity contribution in [3.8, 4) is 0 Å². The number of hydrogen-bond acceptors (Lipinski definition) is 2. The molecule has 0 saturated heterocycles. The van der Waals surface area contributed by atoms with Gasteiger partial charge < -0.3 is 4.40 Å². The van der Waals surface area contributed by atoms with Gasteiger partial charge in [0, 0.05) is 18.5 Å². The second-order valence-corrected chi connectivity index (χ2v) is 2.45. The van der Waals surface area contributed by atoms with Gasteiger partial charge in [-0.25, -0.2) is 0 Å². The van der Waals surface area contributed by atoms with E-state index in [-0.39, 0.29) is 10.6 Å². The van der Waals surface area contributed by atoms with E-state index in [1.165, 1.54) is 6.07 Å². The summed E-state index contributed by atoms with van der Waals surface area (Å²) in [6, 6.07) is 6.65. The summed E-state index contributed by atoms with van der Waals surface area (Å²) >= 11 is 0. The van der Waals surface area contributed by atoms with Crippen LogP contribution in [-0.4, -0.2) is 9.32 Å². The van der Waals surface area contributed by atoms with E-state index in [9.17, 15) is 10.1 Å². The van der Waals surface area contributed by atoms with Gasteiger partial charge in [0.1, 0.15) is 5.52 Å². The number of nitro groups is 1. The zero-order chi connectivity index (χ0) is 8.55. The highest BCUT2D eigenvalue weighted by molar-refractivity contribution is 5.64. The molecule has 0 amide bonds. The maximum absolute atomic E-state index is 10.5. The van der Waals surface area contributed by atoms with Gasteiger partial charge in [-0.05, 0) is 18.2 Å². The molecule has 2 rings (SSSR count). The first-order valence-corrected chi connectivity index (χ1v) is 3.49. The van der Waals surface area contributed by atoms with E-state index in [1.807, 2.05) is 0 Å². The van der Waals surface area contributed by atoms with Gasteiger partial charge in [-0.2, -0.15) is 0 Å². The molecule has 0 unspecified atom stereocenters. The van der Waals surface area contributed by atoms with Crippen molar-refractivity contribution in [2.75, 3.05) is 0 Å². The quantitative estimate of drug-likeness (QED) is 0.474. The van der Waals surface area contributed by atoms with Crippen molar-refractivity contribution in [1.82, 2.24) is 4.40 Å². The third-order valence-electron chi connectivity index (χ3n) is 1.74. The molecule has 0 spiro atoms. The van der Waals surface area contributed by atoms with Crippen LogP contribution in [0.5, 0.6) is 0 Å². The predicted molar refractivity (Wildman–Crippen MR) is 44.1 cm³/mol. The average molecular weight is 162 g/mol. The predicted octanol–water partition coefficient (Wildman–Crippen LogP) is 1.85. The Hall–Kier alpha value is -1.84. The van der Waals surface area contributed by atoms with E-state index in [0.717, 1.165) is 0 Å². The van der Waals surface area contributed by atoms with Gasteiger partial charge in [0.2, 0.25) is 0 Å². The summed E-state index contributed by atoms with van der Waals surface area (Å²) in [5, 5.41) is 10.5. The molecule has 4 nitrogen and oxygen atoms in total. The molecule has 0 bridgehead atoms. The summed E-state index contributed by atoms with van der Waals surface area (Å²) in [4.78, 5) is 10.1. The van der Waals surface area contributed by atoms with Crippen LogP contribution in [0.2, 0.25) is 0 Å². The Morgan fingerprint density at radius 3 is 2.58 bits per heavy atom. The molecule has 0 radical (unpaired) electrons. The molecule has 2 aromatic rings. The molecule has 0 aliphatic rings. The van der Waals surface area contributed by atoms with Crippen LogP contribution in [-0.2, 0) is 0 Å². The van der Waals surface area contributed by atoms with Crippen molar-refractivity contribution in [2.45, 2.75) is 0 Å². The van der Waals surface area contributed by atoms with E-state index < -0.39 is 0 Å². The van der Waals surface area contributed by atoms with Crippen LogP contribution in [0.3, 0.4) is 0 Å². The largest absolute Gasteiger partial charge is 0.318 e. The zero-order valence-corrected chi connectivity index (χ0v) is 6.18. The highest BCUT2D eigenvalue weighted by Crippen LogP contribution is 2.18. The fraction of sp³-hybridized carbons (Fsp3) is 0. The summed E-state index contributed by atoms with van der Waals surface area (Å²) < 4.78 is 1.72. The van der Waals surface area contributed by atoms with Gasteiger partial charge in [0.25, 0.3) is 5.69 Å². The molecule has 2 aromatic heterocycles. The lowest BCUT2D eigenvalue weighted by Gasteiger charge is -1.94. The van der Waals surface area contributed by atoms with E-state index in [2.05, 4.69) is 0 Å². The molecule has 0 aliphatic heterocycles. The molecule has 0 fully saturated rings. The molecule has 60 valence electrons. The van der Waals surface area contributed by atoms with Crippen LogP contribution in [0.25, 0.3) is 5.52 Å². The lowest BCUT2D eigenvalue weighted by Crippen LogP contribution is -1.91. The average Bonchev–Trinajstić information content (AvgIpc) is 2.49. The van der Waals surface area contributed by atoms with E-state index >= 15 is 0 Å². The fourth-order valence-electron chi connectivity index (χ4n) is 1.21. The minimum absolute atomic E-state index is 0.141. The minimum atomic E-state index is -0.380. The Labute approximate surface area is 68.2 Å². The second-order valence-electron chi connectivity index (χ2n) is 2.45. The molecule has 0 aromatic carbocycles.